The van der Waals surface area contributed by atoms with Crippen LogP contribution in [0.3, 0.4) is 0 Å². The summed E-state index contributed by atoms with van der Waals surface area (Å²) in [6.45, 7) is 4.09. The number of aryl methyl sites for hydroxylation is 2. The number of hydrogen-bond acceptors (Lipinski definition) is 5. The summed E-state index contributed by atoms with van der Waals surface area (Å²) >= 11 is 12.7. The molecule has 0 atom stereocenters. The topological polar surface area (TPSA) is 76.8 Å². The van der Waals surface area contributed by atoms with Crippen molar-refractivity contribution in [1.29, 1.82) is 0 Å². The Morgan fingerprint density at radius 1 is 1.03 bits per heavy atom. The lowest BCUT2D eigenvalue weighted by molar-refractivity contribution is 0.0769. The van der Waals surface area contributed by atoms with Gasteiger partial charge in [0.25, 0.3) is 5.91 Å². The van der Waals surface area contributed by atoms with Gasteiger partial charge in [0, 0.05) is 24.5 Å². The van der Waals surface area contributed by atoms with Gasteiger partial charge in [-0.15, -0.1) is 5.10 Å². The van der Waals surface area contributed by atoms with Crippen LogP contribution >= 0.6 is 23.2 Å². The van der Waals surface area contributed by atoms with E-state index in [1.54, 1.807) is 25.2 Å². The molecule has 9 heteroatoms. The van der Waals surface area contributed by atoms with Gasteiger partial charge in [-0.3, -0.25) is 4.79 Å². The summed E-state index contributed by atoms with van der Waals surface area (Å²) in [5.41, 5.74) is 2.21. The Morgan fingerprint density at radius 2 is 1.74 bits per heavy atom. The fourth-order valence-corrected chi connectivity index (χ4v) is 3.91. The quantitative estimate of drug-likeness (QED) is 0.438. The van der Waals surface area contributed by atoms with Gasteiger partial charge >= 0.3 is 0 Å². The van der Waals surface area contributed by atoms with Crippen molar-refractivity contribution in [2.75, 3.05) is 7.05 Å². The van der Waals surface area contributed by atoms with Gasteiger partial charge in [0.05, 0.1) is 22.1 Å². The molecule has 2 aromatic carbocycles. The summed E-state index contributed by atoms with van der Waals surface area (Å²) in [5, 5.41) is 6.26. The first-order chi connectivity index (χ1) is 14.9. The summed E-state index contributed by atoms with van der Waals surface area (Å²) in [6, 6.07) is 13.0. The van der Waals surface area contributed by atoms with Crippen molar-refractivity contribution in [3.8, 4) is 5.69 Å². The molecule has 0 aliphatic heterocycles. The highest BCUT2D eigenvalue weighted by Gasteiger charge is 2.23. The predicted molar refractivity (Wildman–Crippen MR) is 121 cm³/mol. The average molecular weight is 455 g/mol. The van der Waals surface area contributed by atoms with E-state index >= 15 is 0 Å². The van der Waals surface area contributed by atoms with Gasteiger partial charge in [-0.25, -0.2) is 19.6 Å². The molecule has 7 nitrogen and oxygen atoms in total. The molecule has 0 aliphatic rings. The molecule has 0 aliphatic carbocycles. The molecule has 2 aromatic heterocycles. The Hall–Kier alpha value is -3.03. The van der Waals surface area contributed by atoms with Gasteiger partial charge < -0.3 is 4.90 Å². The van der Waals surface area contributed by atoms with Crippen LogP contribution in [0.4, 0.5) is 0 Å². The molecule has 1 amide bonds. The van der Waals surface area contributed by atoms with Crippen LogP contribution in [-0.2, 0) is 13.0 Å². The summed E-state index contributed by atoms with van der Waals surface area (Å²) in [5.74, 6) is 0.861. The maximum absolute atomic E-state index is 13.0. The monoisotopic (exact) mass is 454 g/mol. The SMILES string of the molecule is CCc1nc(C(=O)N(C)Cc2nc(C)c3ccccc3n2)nn1-c1c(Cl)cccc1Cl. The summed E-state index contributed by atoms with van der Waals surface area (Å²) in [6.07, 6.45) is 0.554. The van der Waals surface area contributed by atoms with Gasteiger partial charge in [0.1, 0.15) is 17.3 Å². The highest BCUT2D eigenvalue weighted by molar-refractivity contribution is 6.37. The molecule has 0 saturated heterocycles. The third-order valence-corrected chi connectivity index (χ3v) is 5.51. The first kappa shape index (κ1) is 21.2. The van der Waals surface area contributed by atoms with Crippen molar-refractivity contribution < 1.29 is 4.79 Å². The van der Waals surface area contributed by atoms with E-state index in [1.165, 1.54) is 9.58 Å². The molecular formula is C22H20Cl2N6O. The molecule has 0 radical (unpaired) electrons. The Morgan fingerprint density at radius 3 is 2.45 bits per heavy atom. The lowest BCUT2D eigenvalue weighted by atomic mass is 10.2. The van der Waals surface area contributed by atoms with Crippen LogP contribution in [0.1, 0.15) is 34.9 Å². The van der Waals surface area contributed by atoms with Gasteiger partial charge in [-0.05, 0) is 25.1 Å². The largest absolute Gasteiger partial charge is 0.331 e. The normalized spacial score (nSPS) is 11.1. The molecule has 4 rings (SSSR count). The lowest BCUT2D eigenvalue weighted by Gasteiger charge is -2.15. The van der Waals surface area contributed by atoms with Crippen LogP contribution in [0.2, 0.25) is 10.0 Å². The van der Waals surface area contributed by atoms with E-state index in [9.17, 15) is 4.79 Å². The summed E-state index contributed by atoms with van der Waals surface area (Å²) < 4.78 is 1.53. The number of hydrogen-bond donors (Lipinski definition) is 0. The molecule has 0 saturated carbocycles. The highest BCUT2D eigenvalue weighted by Crippen LogP contribution is 2.29. The predicted octanol–water partition coefficient (Wildman–Crippen LogP) is 4.66. The summed E-state index contributed by atoms with van der Waals surface area (Å²) in [4.78, 5) is 28.1. The first-order valence-electron chi connectivity index (χ1n) is 9.77. The second-order valence-electron chi connectivity index (χ2n) is 7.09. The van der Waals surface area contributed by atoms with Crippen LogP contribution < -0.4 is 0 Å². The first-order valence-corrected chi connectivity index (χ1v) is 10.5. The van der Waals surface area contributed by atoms with Crippen molar-refractivity contribution in [3.63, 3.8) is 0 Å². The molecule has 2 heterocycles. The fraction of sp³-hybridized carbons (Fsp3) is 0.227. The molecule has 0 spiro atoms. The molecule has 0 fully saturated rings. The van der Waals surface area contributed by atoms with E-state index in [-0.39, 0.29) is 18.3 Å². The molecule has 31 heavy (non-hydrogen) atoms. The number of nitrogens with zero attached hydrogens (tertiary/aromatic N) is 6. The van der Waals surface area contributed by atoms with Crippen LogP contribution in [0.25, 0.3) is 16.6 Å². The highest BCUT2D eigenvalue weighted by atomic mass is 35.5. The Balaban J connectivity index is 1.63. The van der Waals surface area contributed by atoms with Crippen LogP contribution in [0, 0.1) is 6.92 Å². The van der Waals surface area contributed by atoms with Crippen molar-refractivity contribution >= 4 is 40.0 Å². The number of rotatable bonds is 5. The van der Waals surface area contributed by atoms with Gasteiger partial charge in [0.15, 0.2) is 0 Å². The average Bonchev–Trinajstić information content (AvgIpc) is 3.17. The Kier molecular flexibility index (Phi) is 5.89. The van der Waals surface area contributed by atoms with Gasteiger partial charge in [-0.1, -0.05) is 54.4 Å². The van der Waals surface area contributed by atoms with E-state index in [2.05, 4.69) is 20.1 Å². The number of carbonyl (C=O) groups excluding carboxylic acids is 1. The number of benzene rings is 2. The van der Waals surface area contributed by atoms with E-state index in [4.69, 9.17) is 23.2 Å². The van der Waals surface area contributed by atoms with E-state index in [0.717, 1.165) is 16.6 Å². The number of aromatic nitrogens is 5. The third-order valence-electron chi connectivity index (χ3n) is 4.90. The Labute approximate surface area is 189 Å². The fourth-order valence-electron chi connectivity index (χ4n) is 3.35. The smallest absolute Gasteiger partial charge is 0.293 e. The van der Waals surface area contributed by atoms with Gasteiger partial charge in [0.2, 0.25) is 5.82 Å². The van der Waals surface area contributed by atoms with Crippen molar-refractivity contribution in [2.24, 2.45) is 0 Å². The number of para-hydroxylation sites is 2. The molecule has 158 valence electrons. The van der Waals surface area contributed by atoms with E-state index in [1.807, 2.05) is 38.1 Å². The number of carbonyl (C=O) groups is 1. The second-order valence-corrected chi connectivity index (χ2v) is 7.91. The molecular weight excluding hydrogens is 435 g/mol. The minimum Gasteiger partial charge on any atom is -0.331 e. The minimum atomic E-state index is -0.342. The third kappa shape index (κ3) is 4.11. The minimum absolute atomic E-state index is 0.0628. The maximum Gasteiger partial charge on any atom is 0.293 e. The molecule has 0 N–H and O–H groups in total. The second kappa shape index (κ2) is 8.61. The maximum atomic E-state index is 13.0. The van der Waals surface area contributed by atoms with Crippen molar-refractivity contribution in [2.45, 2.75) is 26.8 Å². The Bertz CT molecular complexity index is 1270. The summed E-state index contributed by atoms with van der Waals surface area (Å²) in [7, 11) is 1.67. The van der Waals surface area contributed by atoms with Crippen molar-refractivity contribution in [1.82, 2.24) is 29.6 Å². The molecule has 4 aromatic rings. The number of halogens is 2. The van der Waals surface area contributed by atoms with Crippen molar-refractivity contribution in [3.05, 3.63) is 75.7 Å². The molecule has 0 bridgehead atoms. The van der Waals surface area contributed by atoms with E-state index in [0.29, 0.717) is 33.8 Å². The zero-order valence-electron chi connectivity index (χ0n) is 17.3. The van der Waals surface area contributed by atoms with Crippen LogP contribution in [0.15, 0.2) is 42.5 Å². The number of amides is 1. The van der Waals surface area contributed by atoms with Gasteiger partial charge in [-0.2, -0.15) is 0 Å². The lowest BCUT2D eigenvalue weighted by Crippen LogP contribution is -2.28. The number of fused-ring (bicyclic) bond motifs is 1. The zero-order chi connectivity index (χ0) is 22.1. The molecule has 0 unspecified atom stereocenters. The van der Waals surface area contributed by atoms with Crippen LogP contribution in [0.5, 0.6) is 0 Å². The standard InChI is InChI=1S/C22H20Cl2N6O/c1-4-19-27-21(28-30(19)20-15(23)9-7-10-16(20)24)22(31)29(3)12-18-25-13(2)14-8-5-6-11-17(14)26-18/h5-11H,4,12H2,1-3H3. The van der Waals surface area contributed by atoms with Crippen LogP contribution in [-0.4, -0.2) is 42.6 Å². The van der Waals surface area contributed by atoms with E-state index < -0.39 is 0 Å². The zero-order valence-corrected chi connectivity index (χ0v) is 18.8.